The first-order chi connectivity index (χ1) is 6.28. The number of rotatable bonds is 4. The number of ether oxygens (including phenoxy) is 1. The van der Waals surface area contributed by atoms with Gasteiger partial charge in [-0.15, -0.1) is 0 Å². The molecular formula is C5H10N2O6S. The Kier molecular flexibility index (Phi) is 4.31. The SMILES string of the molecule is COC(=O)NS(=O)(=O)NC(C)C(=O)O. The van der Waals surface area contributed by atoms with E-state index < -0.39 is 28.3 Å². The molecule has 8 nitrogen and oxygen atoms in total. The number of aliphatic carboxylic acids is 1. The first-order valence-electron chi connectivity index (χ1n) is 3.39. The van der Waals surface area contributed by atoms with E-state index in [2.05, 4.69) is 4.74 Å². The molecule has 0 aliphatic rings. The van der Waals surface area contributed by atoms with Gasteiger partial charge in [0.05, 0.1) is 7.11 Å². The molecular weight excluding hydrogens is 216 g/mol. The lowest BCUT2D eigenvalue weighted by atomic mass is 10.4. The first-order valence-corrected chi connectivity index (χ1v) is 4.87. The topological polar surface area (TPSA) is 122 Å². The summed E-state index contributed by atoms with van der Waals surface area (Å²) in [5.41, 5.74) is 0. The van der Waals surface area contributed by atoms with Gasteiger partial charge in [-0.1, -0.05) is 0 Å². The van der Waals surface area contributed by atoms with Gasteiger partial charge in [-0.2, -0.15) is 13.1 Å². The second-order valence-corrected chi connectivity index (χ2v) is 3.72. The van der Waals surface area contributed by atoms with Gasteiger partial charge in [-0.25, -0.2) is 9.52 Å². The van der Waals surface area contributed by atoms with Gasteiger partial charge in [0.1, 0.15) is 6.04 Å². The van der Waals surface area contributed by atoms with Crippen LogP contribution in [-0.2, 0) is 19.7 Å². The van der Waals surface area contributed by atoms with Gasteiger partial charge in [0.15, 0.2) is 0 Å². The Morgan fingerprint density at radius 2 is 1.93 bits per heavy atom. The second kappa shape index (κ2) is 4.77. The minimum atomic E-state index is -4.19. The van der Waals surface area contributed by atoms with Gasteiger partial charge in [-0.3, -0.25) is 4.79 Å². The number of carbonyl (C=O) groups is 2. The lowest BCUT2D eigenvalue weighted by Gasteiger charge is -2.09. The van der Waals surface area contributed by atoms with Crippen LogP contribution >= 0.6 is 0 Å². The third-order valence-electron chi connectivity index (χ3n) is 1.11. The Morgan fingerprint density at radius 1 is 1.43 bits per heavy atom. The molecule has 0 bridgehead atoms. The fraction of sp³-hybridized carbons (Fsp3) is 0.600. The number of hydrogen-bond donors (Lipinski definition) is 3. The molecule has 1 amide bonds. The maximum atomic E-state index is 10.9. The molecule has 0 aromatic carbocycles. The van der Waals surface area contributed by atoms with Crippen molar-refractivity contribution in [3.63, 3.8) is 0 Å². The normalized spacial score (nSPS) is 13.0. The minimum absolute atomic E-state index is 0.978. The van der Waals surface area contributed by atoms with E-state index in [4.69, 9.17) is 5.11 Å². The highest BCUT2D eigenvalue weighted by Gasteiger charge is 2.21. The van der Waals surface area contributed by atoms with E-state index in [-0.39, 0.29) is 0 Å². The number of nitrogens with one attached hydrogen (secondary N) is 2. The standard InChI is InChI=1S/C5H10N2O6S/c1-3(4(8)9)6-14(11,12)7-5(10)13-2/h3,6H,1-2H3,(H,7,10)(H,8,9). The second-order valence-electron chi connectivity index (χ2n) is 2.27. The van der Waals surface area contributed by atoms with Crippen LogP contribution in [-0.4, -0.2) is 38.7 Å². The van der Waals surface area contributed by atoms with E-state index in [0.29, 0.717) is 0 Å². The fourth-order valence-corrected chi connectivity index (χ4v) is 1.39. The number of methoxy groups -OCH3 is 1. The summed E-state index contributed by atoms with van der Waals surface area (Å²) in [5.74, 6) is -1.36. The largest absolute Gasteiger partial charge is 0.480 e. The molecule has 1 unspecified atom stereocenters. The van der Waals surface area contributed by atoms with Gasteiger partial charge in [0, 0.05) is 0 Å². The minimum Gasteiger partial charge on any atom is -0.480 e. The Hall–Kier alpha value is -1.35. The molecule has 0 rings (SSSR count). The quantitative estimate of drug-likeness (QED) is 0.544. The van der Waals surface area contributed by atoms with E-state index in [9.17, 15) is 18.0 Å². The fourth-order valence-electron chi connectivity index (χ4n) is 0.464. The molecule has 0 aromatic rings. The summed E-state index contributed by atoms with van der Waals surface area (Å²) in [6.07, 6.45) is -1.20. The molecule has 0 spiro atoms. The van der Waals surface area contributed by atoms with Crippen molar-refractivity contribution in [3.8, 4) is 0 Å². The van der Waals surface area contributed by atoms with Crippen LogP contribution in [0, 0.1) is 0 Å². The Labute approximate surface area is 80.4 Å². The van der Waals surface area contributed by atoms with Crippen LogP contribution in [0.5, 0.6) is 0 Å². The summed E-state index contributed by atoms with van der Waals surface area (Å²) >= 11 is 0. The number of amides is 1. The number of carboxylic acids is 1. The number of hydrogen-bond acceptors (Lipinski definition) is 5. The molecule has 0 saturated carbocycles. The maximum Gasteiger partial charge on any atom is 0.421 e. The van der Waals surface area contributed by atoms with Gasteiger partial charge in [-0.05, 0) is 6.92 Å². The molecule has 0 aliphatic carbocycles. The Morgan fingerprint density at radius 3 is 2.29 bits per heavy atom. The van der Waals surface area contributed by atoms with Crippen molar-refractivity contribution < 1.29 is 27.9 Å². The van der Waals surface area contributed by atoms with Crippen LogP contribution in [0.3, 0.4) is 0 Å². The smallest absolute Gasteiger partial charge is 0.421 e. The van der Waals surface area contributed by atoms with E-state index in [1.807, 2.05) is 0 Å². The molecule has 0 saturated heterocycles. The van der Waals surface area contributed by atoms with Crippen LogP contribution in [0.2, 0.25) is 0 Å². The van der Waals surface area contributed by atoms with Crippen LogP contribution < -0.4 is 9.44 Å². The van der Waals surface area contributed by atoms with Crippen molar-refractivity contribution in [3.05, 3.63) is 0 Å². The van der Waals surface area contributed by atoms with Crippen molar-refractivity contribution >= 4 is 22.3 Å². The molecule has 82 valence electrons. The van der Waals surface area contributed by atoms with Gasteiger partial charge in [0.2, 0.25) is 0 Å². The lowest BCUT2D eigenvalue weighted by Crippen LogP contribution is -2.46. The van der Waals surface area contributed by atoms with E-state index in [1.165, 1.54) is 4.72 Å². The van der Waals surface area contributed by atoms with Gasteiger partial charge in [0.25, 0.3) is 0 Å². The number of carbonyl (C=O) groups excluding carboxylic acids is 1. The molecule has 0 radical (unpaired) electrons. The average molecular weight is 226 g/mol. The molecule has 3 N–H and O–H groups in total. The zero-order valence-corrected chi connectivity index (χ0v) is 8.29. The Balaban J connectivity index is 4.36. The molecule has 0 heterocycles. The lowest BCUT2D eigenvalue weighted by molar-refractivity contribution is -0.138. The molecule has 0 fully saturated rings. The molecule has 9 heteroatoms. The van der Waals surface area contributed by atoms with Crippen molar-refractivity contribution in [1.29, 1.82) is 0 Å². The van der Waals surface area contributed by atoms with Crippen molar-refractivity contribution in [2.24, 2.45) is 0 Å². The zero-order chi connectivity index (χ0) is 11.4. The first kappa shape index (κ1) is 12.7. The third kappa shape index (κ3) is 4.62. The highest BCUT2D eigenvalue weighted by molar-refractivity contribution is 7.88. The Bertz CT molecular complexity index is 323. The van der Waals surface area contributed by atoms with Gasteiger partial charge >= 0.3 is 22.3 Å². The van der Waals surface area contributed by atoms with Crippen LogP contribution in [0.15, 0.2) is 0 Å². The predicted octanol–water partition coefficient (Wildman–Crippen LogP) is -1.35. The van der Waals surface area contributed by atoms with E-state index in [1.54, 1.807) is 4.72 Å². The maximum absolute atomic E-state index is 10.9. The average Bonchev–Trinajstić information content (AvgIpc) is 2.02. The van der Waals surface area contributed by atoms with Crippen molar-refractivity contribution in [1.82, 2.24) is 9.44 Å². The summed E-state index contributed by atoms with van der Waals surface area (Å²) in [4.78, 5) is 20.7. The van der Waals surface area contributed by atoms with Gasteiger partial charge < -0.3 is 9.84 Å². The predicted molar refractivity (Wildman–Crippen MR) is 44.7 cm³/mol. The van der Waals surface area contributed by atoms with E-state index >= 15 is 0 Å². The summed E-state index contributed by atoms with van der Waals surface area (Å²) in [7, 11) is -3.21. The molecule has 0 aliphatic heterocycles. The summed E-state index contributed by atoms with van der Waals surface area (Å²) < 4.78 is 29.0. The number of carboxylic acid groups (broad SMARTS) is 1. The molecule has 1 atom stereocenters. The zero-order valence-electron chi connectivity index (χ0n) is 7.47. The van der Waals surface area contributed by atoms with Crippen LogP contribution in [0.1, 0.15) is 6.92 Å². The van der Waals surface area contributed by atoms with Crippen LogP contribution in [0.4, 0.5) is 4.79 Å². The monoisotopic (exact) mass is 226 g/mol. The summed E-state index contributed by atoms with van der Waals surface area (Å²) in [6.45, 7) is 1.11. The highest BCUT2D eigenvalue weighted by Crippen LogP contribution is 1.86. The van der Waals surface area contributed by atoms with Crippen molar-refractivity contribution in [2.75, 3.05) is 7.11 Å². The molecule has 0 aromatic heterocycles. The summed E-state index contributed by atoms with van der Waals surface area (Å²) in [5, 5.41) is 8.37. The van der Waals surface area contributed by atoms with Crippen molar-refractivity contribution in [2.45, 2.75) is 13.0 Å². The van der Waals surface area contributed by atoms with E-state index in [0.717, 1.165) is 14.0 Å². The summed E-state index contributed by atoms with van der Waals surface area (Å²) in [6, 6.07) is -1.34. The third-order valence-corrected chi connectivity index (χ3v) is 2.20. The highest BCUT2D eigenvalue weighted by atomic mass is 32.2. The molecule has 14 heavy (non-hydrogen) atoms. The van der Waals surface area contributed by atoms with Crippen LogP contribution in [0.25, 0.3) is 0 Å².